The van der Waals surface area contributed by atoms with E-state index in [1.807, 2.05) is 48.7 Å². The molecule has 0 saturated heterocycles. The van der Waals surface area contributed by atoms with E-state index in [2.05, 4.69) is 26.1 Å². The molecular weight excluding hydrogens is 418 g/mol. The molecule has 0 saturated carbocycles. The predicted molar refractivity (Wildman–Crippen MR) is 103 cm³/mol. The van der Waals surface area contributed by atoms with Crippen LogP contribution in [-0.4, -0.2) is 33.6 Å². The molecule has 2 heterocycles. The van der Waals surface area contributed by atoms with Gasteiger partial charge in [-0.3, -0.25) is 4.79 Å². The second-order valence-corrected chi connectivity index (χ2v) is 7.42. The maximum absolute atomic E-state index is 12.7. The van der Waals surface area contributed by atoms with Crippen LogP contribution in [0.15, 0.2) is 50.8 Å². The van der Waals surface area contributed by atoms with Crippen molar-refractivity contribution in [3.8, 4) is 16.5 Å². The van der Waals surface area contributed by atoms with Crippen molar-refractivity contribution in [3.05, 3.63) is 52.1 Å². The van der Waals surface area contributed by atoms with E-state index in [1.165, 1.54) is 11.3 Å². The van der Waals surface area contributed by atoms with Gasteiger partial charge in [-0.1, -0.05) is 27.2 Å². The van der Waals surface area contributed by atoms with Gasteiger partial charge >= 0.3 is 0 Å². The van der Waals surface area contributed by atoms with Gasteiger partial charge in [0.1, 0.15) is 12.3 Å². The van der Waals surface area contributed by atoms with Crippen LogP contribution in [0.4, 0.5) is 0 Å². The second-order valence-electron chi connectivity index (χ2n) is 5.56. The van der Waals surface area contributed by atoms with E-state index in [9.17, 15) is 4.79 Å². The average molecular weight is 436 g/mol. The zero-order valence-corrected chi connectivity index (χ0v) is 16.8. The van der Waals surface area contributed by atoms with Crippen molar-refractivity contribution in [2.75, 3.05) is 6.54 Å². The predicted octanol–water partition coefficient (Wildman–Crippen LogP) is 4.38. The Morgan fingerprint density at radius 3 is 2.77 bits per heavy atom. The number of carbonyl (C=O) groups excluding carboxylic acids is 1. The van der Waals surface area contributed by atoms with Crippen molar-refractivity contribution in [1.29, 1.82) is 0 Å². The summed E-state index contributed by atoms with van der Waals surface area (Å²) in [7, 11) is 0. The number of nitrogens with zero attached hydrogens (tertiary/aromatic N) is 3. The lowest BCUT2D eigenvalue weighted by Crippen LogP contribution is -2.40. The zero-order valence-electron chi connectivity index (χ0n) is 14.4. The Labute approximate surface area is 163 Å². The topological polar surface area (TPSA) is 68.5 Å². The number of ether oxygens (including phenoxy) is 1. The number of likely N-dealkylation sites (N-methyl/N-ethyl adjacent to an activating group) is 1. The largest absolute Gasteiger partial charge is 0.481 e. The van der Waals surface area contributed by atoms with Gasteiger partial charge in [0.05, 0.1) is 4.88 Å². The fourth-order valence-electron chi connectivity index (χ4n) is 2.36. The first-order valence-electron chi connectivity index (χ1n) is 8.14. The van der Waals surface area contributed by atoms with E-state index < -0.39 is 6.10 Å². The average Bonchev–Trinajstić information content (AvgIpc) is 3.32. The van der Waals surface area contributed by atoms with Crippen LogP contribution >= 0.6 is 27.3 Å². The van der Waals surface area contributed by atoms with Crippen molar-refractivity contribution in [2.45, 2.75) is 26.5 Å². The van der Waals surface area contributed by atoms with Gasteiger partial charge in [-0.2, -0.15) is 4.98 Å². The minimum Gasteiger partial charge on any atom is -0.481 e. The van der Waals surface area contributed by atoms with Crippen molar-refractivity contribution in [3.63, 3.8) is 0 Å². The Bertz CT molecular complexity index is 849. The Hall–Kier alpha value is -2.19. The minimum absolute atomic E-state index is 0.133. The molecule has 6 nitrogen and oxygen atoms in total. The number of hydrogen-bond acceptors (Lipinski definition) is 6. The van der Waals surface area contributed by atoms with E-state index in [-0.39, 0.29) is 12.5 Å². The molecule has 8 heteroatoms. The Morgan fingerprint density at radius 2 is 2.12 bits per heavy atom. The number of rotatable bonds is 7. The van der Waals surface area contributed by atoms with Crippen LogP contribution in [0.1, 0.15) is 19.7 Å². The van der Waals surface area contributed by atoms with Crippen LogP contribution in [-0.2, 0) is 11.3 Å². The van der Waals surface area contributed by atoms with Gasteiger partial charge in [-0.25, -0.2) is 0 Å². The number of hydrogen-bond donors (Lipinski definition) is 0. The molecule has 0 bridgehead atoms. The van der Waals surface area contributed by atoms with Crippen LogP contribution in [0.3, 0.4) is 0 Å². The normalized spacial score (nSPS) is 12.0. The fourth-order valence-corrected chi connectivity index (χ4v) is 3.27. The number of benzene rings is 1. The highest BCUT2D eigenvalue weighted by atomic mass is 79.9. The third kappa shape index (κ3) is 4.50. The summed E-state index contributed by atoms with van der Waals surface area (Å²) in [5.41, 5.74) is 0. The van der Waals surface area contributed by atoms with E-state index in [0.717, 1.165) is 9.35 Å². The zero-order chi connectivity index (χ0) is 18.5. The van der Waals surface area contributed by atoms with Gasteiger partial charge in [0.2, 0.25) is 11.7 Å². The van der Waals surface area contributed by atoms with Gasteiger partial charge < -0.3 is 14.2 Å². The summed E-state index contributed by atoms with van der Waals surface area (Å²) in [4.78, 5) is 19.6. The second kappa shape index (κ2) is 8.46. The van der Waals surface area contributed by atoms with Crippen LogP contribution in [0.5, 0.6) is 5.75 Å². The monoisotopic (exact) mass is 435 g/mol. The summed E-state index contributed by atoms with van der Waals surface area (Å²) >= 11 is 4.91. The molecule has 136 valence electrons. The smallest absolute Gasteiger partial charge is 0.263 e. The number of halogens is 1. The molecule has 0 aliphatic rings. The van der Waals surface area contributed by atoms with Crippen LogP contribution in [0, 0.1) is 0 Å². The molecule has 0 unspecified atom stereocenters. The number of amides is 1. The summed E-state index contributed by atoms with van der Waals surface area (Å²) in [5, 5.41) is 5.93. The summed E-state index contributed by atoms with van der Waals surface area (Å²) < 4.78 is 12.0. The van der Waals surface area contributed by atoms with E-state index in [4.69, 9.17) is 9.26 Å². The fraction of sp³-hybridized carbons (Fsp3) is 0.278. The maximum atomic E-state index is 12.7. The van der Waals surface area contributed by atoms with E-state index in [1.54, 1.807) is 11.8 Å². The molecule has 0 fully saturated rings. The van der Waals surface area contributed by atoms with Gasteiger partial charge in [0.25, 0.3) is 5.91 Å². The van der Waals surface area contributed by atoms with Crippen molar-refractivity contribution in [1.82, 2.24) is 15.0 Å². The molecule has 0 N–H and O–H groups in total. The Kier molecular flexibility index (Phi) is 6.05. The van der Waals surface area contributed by atoms with E-state index >= 15 is 0 Å². The molecule has 1 atom stereocenters. The molecule has 3 aromatic rings. The summed E-state index contributed by atoms with van der Waals surface area (Å²) in [5.74, 6) is 1.45. The lowest BCUT2D eigenvalue weighted by atomic mass is 10.3. The molecule has 2 aromatic heterocycles. The molecule has 1 aromatic carbocycles. The van der Waals surface area contributed by atoms with Gasteiger partial charge in [0, 0.05) is 11.0 Å². The van der Waals surface area contributed by atoms with Gasteiger partial charge in [0.15, 0.2) is 6.10 Å². The molecule has 26 heavy (non-hydrogen) atoms. The summed E-state index contributed by atoms with van der Waals surface area (Å²) in [6.45, 7) is 4.41. The molecule has 1 amide bonds. The highest BCUT2D eigenvalue weighted by molar-refractivity contribution is 9.10. The van der Waals surface area contributed by atoms with Crippen LogP contribution in [0.25, 0.3) is 10.7 Å². The first kappa shape index (κ1) is 18.6. The molecule has 3 rings (SSSR count). The lowest BCUT2D eigenvalue weighted by Gasteiger charge is -2.23. The third-order valence-electron chi connectivity index (χ3n) is 3.70. The Morgan fingerprint density at radius 1 is 1.35 bits per heavy atom. The van der Waals surface area contributed by atoms with Crippen LogP contribution in [0.2, 0.25) is 0 Å². The summed E-state index contributed by atoms with van der Waals surface area (Å²) in [6, 6.07) is 11.2. The molecular formula is C18H18BrN3O3S. The van der Waals surface area contributed by atoms with Gasteiger partial charge in [-0.05, 0) is 49.6 Å². The Balaban J connectivity index is 1.64. The van der Waals surface area contributed by atoms with E-state index in [0.29, 0.717) is 24.0 Å². The minimum atomic E-state index is -0.615. The number of aromatic nitrogens is 2. The highest BCUT2D eigenvalue weighted by Crippen LogP contribution is 2.22. The van der Waals surface area contributed by atoms with Crippen molar-refractivity contribution >= 4 is 33.2 Å². The lowest BCUT2D eigenvalue weighted by molar-refractivity contribution is -0.138. The molecule has 0 aliphatic heterocycles. The van der Waals surface area contributed by atoms with Crippen LogP contribution < -0.4 is 4.74 Å². The number of thiophene rings is 1. The van der Waals surface area contributed by atoms with Crippen molar-refractivity contribution < 1.29 is 14.1 Å². The highest BCUT2D eigenvalue weighted by Gasteiger charge is 2.23. The molecule has 0 radical (unpaired) electrons. The first-order valence-corrected chi connectivity index (χ1v) is 9.81. The standard InChI is InChI=1S/C18H18BrN3O3S/c1-3-22(11-16-20-17(21-25-16)15-5-4-10-26-15)18(23)12(2)24-14-8-6-13(19)7-9-14/h4-10,12H,3,11H2,1-2H3/t12-/m0/s1. The number of carbonyl (C=O) groups is 1. The molecule has 0 spiro atoms. The molecule has 0 aliphatic carbocycles. The maximum Gasteiger partial charge on any atom is 0.263 e. The van der Waals surface area contributed by atoms with Gasteiger partial charge in [-0.15, -0.1) is 11.3 Å². The third-order valence-corrected chi connectivity index (χ3v) is 5.10. The van der Waals surface area contributed by atoms with Crippen molar-refractivity contribution in [2.24, 2.45) is 0 Å². The summed E-state index contributed by atoms with van der Waals surface area (Å²) in [6.07, 6.45) is -0.615. The first-order chi connectivity index (χ1) is 12.6. The quantitative estimate of drug-likeness (QED) is 0.550. The SMILES string of the molecule is CCN(Cc1nc(-c2cccs2)no1)C(=O)[C@H](C)Oc1ccc(Br)cc1.